The fourth-order valence-corrected chi connectivity index (χ4v) is 6.59. The van der Waals surface area contributed by atoms with Crippen molar-refractivity contribution >= 4 is 17.7 Å². The molecule has 0 aromatic heterocycles. The Hall–Kier alpha value is -0.960. The van der Waals surface area contributed by atoms with E-state index in [0.29, 0.717) is 11.5 Å². The van der Waals surface area contributed by atoms with E-state index >= 15 is 0 Å². The number of nitrogens with one attached hydrogen (secondary N) is 1. The van der Waals surface area contributed by atoms with E-state index in [-0.39, 0.29) is 5.91 Å². The minimum absolute atomic E-state index is 0.106. The lowest BCUT2D eigenvalue weighted by Crippen LogP contribution is -2.55. The van der Waals surface area contributed by atoms with E-state index in [9.17, 15) is 4.79 Å². The summed E-state index contributed by atoms with van der Waals surface area (Å²) < 4.78 is 0. The number of benzene rings is 1. The number of hydrogen-bond donors (Lipinski definition) is 1. The van der Waals surface area contributed by atoms with Gasteiger partial charge in [-0.1, -0.05) is 12.1 Å². The second-order valence-corrected chi connectivity index (χ2v) is 9.47. The van der Waals surface area contributed by atoms with Gasteiger partial charge in [0.05, 0.1) is 0 Å². The molecule has 4 fully saturated rings. The summed E-state index contributed by atoms with van der Waals surface area (Å²) >= 11 is 1.81. The van der Waals surface area contributed by atoms with Crippen LogP contribution in [0.2, 0.25) is 0 Å². The van der Waals surface area contributed by atoms with E-state index in [1.54, 1.807) is 0 Å². The number of amides is 1. The Morgan fingerprint density at radius 1 is 1.12 bits per heavy atom. The molecule has 0 heterocycles. The summed E-state index contributed by atoms with van der Waals surface area (Å²) in [6.07, 6.45) is 10.5. The number of hydrogen-bond acceptors (Lipinski definition) is 2. The first-order valence-corrected chi connectivity index (χ1v) is 10.9. The van der Waals surface area contributed by atoms with Gasteiger partial charge in [-0.2, -0.15) is 11.8 Å². The van der Waals surface area contributed by atoms with Gasteiger partial charge in [0.2, 0.25) is 0 Å². The molecule has 0 radical (unpaired) electrons. The first-order valence-electron chi connectivity index (χ1n) is 9.47. The topological polar surface area (TPSA) is 29.1 Å². The van der Waals surface area contributed by atoms with Gasteiger partial charge in [-0.15, -0.1) is 0 Å². The predicted molar refractivity (Wildman–Crippen MR) is 101 cm³/mol. The summed E-state index contributed by atoms with van der Waals surface area (Å²) in [7, 11) is 0. The zero-order valence-corrected chi connectivity index (χ0v) is 15.7. The maximum atomic E-state index is 12.7. The van der Waals surface area contributed by atoms with Crippen molar-refractivity contribution < 1.29 is 4.79 Å². The molecule has 1 aromatic rings. The van der Waals surface area contributed by atoms with E-state index in [2.05, 4.69) is 30.6 Å². The Balaban J connectivity index is 1.44. The Morgan fingerprint density at radius 2 is 1.67 bits per heavy atom. The summed E-state index contributed by atoms with van der Waals surface area (Å²) in [5, 5.41) is 3.36. The molecule has 1 N–H and O–H groups in total. The summed E-state index contributed by atoms with van der Waals surface area (Å²) in [6.45, 7) is 2.26. The van der Waals surface area contributed by atoms with Crippen LogP contribution >= 0.6 is 11.8 Å². The van der Waals surface area contributed by atoms with Gasteiger partial charge in [0.25, 0.3) is 5.91 Å². The van der Waals surface area contributed by atoms with Gasteiger partial charge in [0, 0.05) is 17.4 Å². The fourth-order valence-electron chi connectivity index (χ4n) is 6.06. The van der Waals surface area contributed by atoms with Crippen LogP contribution in [0, 0.1) is 23.2 Å². The maximum absolute atomic E-state index is 12.7. The normalized spacial score (nSPS) is 35.0. The van der Waals surface area contributed by atoms with Crippen LogP contribution in [0.4, 0.5) is 0 Å². The van der Waals surface area contributed by atoms with Crippen molar-refractivity contribution in [2.24, 2.45) is 23.2 Å². The highest BCUT2D eigenvalue weighted by Crippen LogP contribution is 2.61. The molecule has 0 unspecified atom stereocenters. The monoisotopic (exact) mass is 343 g/mol. The summed E-state index contributed by atoms with van der Waals surface area (Å²) in [4.78, 5) is 12.7. The van der Waals surface area contributed by atoms with Crippen LogP contribution in [0.25, 0.3) is 0 Å². The molecule has 130 valence electrons. The van der Waals surface area contributed by atoms with Crippen molar-refractivity contribution in [2.75, 3.05) is 6.26 Å². The fraction of sp³-hybridized carbons (Fsp3) is 0.667. The largest absolute Gasteiger partial charge is 0.349 e. The van der Waals surface area contributed by atoms with Crippen molar-refractivity contribution in [1.29, 1.82) is 0 Å². The first kappa shape index (κ1) is 16.5. The minimum Gasteiger partial charge on any atom is -0.349 e. The molecule has 5 rings (SSSR count). The van der Waals surface area contributed by atoms with Crippen LogP contribution in [-0.4, -0.2) is 18.2 Å². The van der Waals surface area contributed by atoms with Gasteiger partial charge in [-0.3, -0.25) is 4.79 Å². The number of carbonyl (C=O) groups excluding carboxylic acids is 1. The maximum Gasteiger partial charge on any atom is 0.251 e. The predicted octanol–water partition coefficient (Wildman–Crippen LogP) is 4.88. The SMILES string of the molecule is CSCc1ccc(C(=O)N[C@H](C)C23CC4CC(CC(C4)C2)C3)cc1. The first-order chi connectivity index (χ1) is 11.6. The van der Waals surface area contributed by atoms with E-state index in [1.807, 2.05) is 23.9 Å². The van der Waals surface area contributed by atoms with Crippen LogP contribution in [0.3, 0.4) is 0 Å². The Morgan fingerprint density at radius 3 is 2.17 bits per heavy atom. The average molecular weight is 344 g/mol. The molecule has 4 aliphatic carbocycles. The molecule has 24 heavy (non-hydrogen) atoms. The van der Waals surface area contributed by atoms with Crippen LogP contribution < -0.4 is 5.32 Å². The quantitative estimate of drug-likeness (QED) is 0.825. The van der Waals surface area contributed by atoms with E-state index < -0.39 is 0 Å². The molecular weight excluding hydrogens is 314 g/mol. The zero-order chi connectivity index (χ0) is 16.7. The van der Waals surface area contributed by atoms with Gasteiger partial charge < -0.3 is 5.32 Å². The van der Waals surface area contributed by atoms with Crippen LogP contribution in [0.5, 0.6) is 0 Å². The van der Waals surface area contributed by atoms with Gasteiger partial charge in [-0.25, -0.2) is 0 Å². The smallest absolute Gasteiger partial charge is 0.251 e. The van der Waals surface area contributed by atoms with Crippen molar-refractivity contribution in [2.45, 2.75) is 57.2 Å². The van der Waals surface area contributed by atoms with Crippen molar-refractivity contribution in [3.05, 3.63) is 35.4 Å². The summed E-state index contributed by atoms with van der Waals surface area (Å²) in [5.41, 5.74) is 2.47. The van der Waals surface area contributed by atoms with Gasteiger partial charge in [0.15, 0.2) is 0 Å². The molecule has 1 amide bonds. The molecule has 4 aliphatic rings. The highest BCUT2D eigenvalue weighted by atomic mass is 32.2. The third kappa shape index (κ3) is 3.00. The van der Waals surface area contributed by atoms with Gasteiger partial charge in [-0.05, 0) is 92.6 Å². The molecule has 4 saturated carbocycles. The molecule has 0 spiro atoms. The molecule has 3 heteroatoms. The highest BCUT2D eigenvalue weighted by Gasteiger charge is 2.53. The molecule has 0 aliphatic heterocycles. The van der Waals surface area contributed by atoms with Crippen molar-refractivity contribution in [1.82, 2.24) is 5.32 Å². The van der Waals surface area contributed by atoms with Gasteiger partial charge in [0.1, 0.15) is 0 Å². The van der Waals surface area contributed by atoms with E-state index in [4.69, 9.17) is 0 Å². The third-order valence-electron chi connectivity index (χ3n) is 6.88. The average Bonchev–Trinajstić information content (AvgIpc) is 2.54. The lowest BCUT2D eigenvalue weighted by Gasteiger charge is -2.59. The van der Waals surface area contributed by atoms with Crippen LogP contribution in [-0.2, 0) is 5.75 Å². The molecule has 1 aromatic carbocycles. The highest BCUT2D eigenvalue weighted by molar-refractivity contribution is 7.97. The third-order valence-corrected chi connectivity index (χ3v) is 7.50. The van der Waals surface area contributed by atoms with Crippen molar-refractivity contribution in [3.63, 3.8) is 0 Å². The van der Waals surface area contributed by atoms with Gasteiger partial charge >= 0.3 is 0 Å². The van der Waals surface area contributed by atoms with Crippen molar-refractivity contribution in [3.8, 4) is 0 Å². The van der Waals surface area contributed by atoms with E-state index in [0.717, 1.165) is 29.1 Å². The zero-order valence-electron chi connectivity index (χ0n) is 14.9. The van der Waals surface area contributed by atoms with Crippen LogP contribution in [0.15, 0.2) is 24.3 Å². The van der Waals surface area contributed by atoms with Crippen LogP contribution in [0.1, 0.15) is 61.4 Å². The number of thioether (sulfide) groups is 1. The number of rotatable bonds is 5. The molecule has 4 bridgehead atoms. The molecule has 1 atom stereocenters. The Bertz CT molecular complexity index is 573. The molecule has 0 saturated heterocycles. The summed E-state index contributed by atoms with van der Waals surface area (Å²) in [5.74, 6) is 3.91. The molecular formula is C21H29NOS. The Labute approximate surface area is 150 Å². The Kier molecular flexibility index (Phi) is 4.40. The lowest BCUT2D eigenvalue weighted by molar-refractivity contribution is -0.0688. The number of carbonyl (C=O) groups is 1. The standard InChI is InChI=1S/C21H29NOS/c1-14(21-10-16-7-17(11-21)9-18(8-16)12-21)22-20(23)19-5-3-15(4-6-19)13-24-2/h3-6,14,16-18H,7-13H2,1-2H3,(H,22,23)/t14-,16?,17?,18?,21?/m1/s1. The molecule has 2 nitrogen and oxygen atoms in total. The van der Waals surface area contributed by atoms with E-state index in [1.165, 1.54) is 44.1 Å². The lowest BCUT2D eigenvalue weighted by atomic mass is 9.48. The second-order valence-electron chi connectivity index (χ2n) is 8.61. The minimum atomic E-state index is 0.106. The summed E-state index contributed by atoms with van der Waals surface area (Å²) in [6, 6.07) is 8.42. The second kappa shape index (κ2) is 6.40.